The molecule has 32 heavy (non-hydrogen) atoms. The Hall–Kier alpha value is -4.10. The first kappa shape index (κ1) is 21.1. The summed E-state index contributed by atoms with van der Waals surface area (Å²) in [6.45, 7) is 1.09. The number of fused-ring (bicyclic) bond motifs is 2. The van der Waals surface area contributed by atoms with Crippen LogP contribution in [0.4, 0.5) is 16.2 Å². The number of nitrogens with one attached hydrogen (secondary N) is 3. The number of nitrogens with two attached hydrogens (primary N) is 2. The third-order valence-electron chi connectivity index (χ3n) is 5.52. The Labute approximate surface area is 185 Å². The molecule has 4 aromatic carbocycles. The third kappa shape index (κ3) is 4.06. The molecule has 7 nitrogen and oxygen atoms in total. The van der Waals surface area contributed by atoms with Crippen molar-refractivity contribution in [3.63, 3.8) is 0 Å². The van der Waals surface area contributed by atoms with Gasteiger partial charge < -0.3 is 27.4 Å². The van der Waals surface area contributed by atoms with Gasteiger partial charge in [0.1, 0.15) is 0 Å². The minimum absolute atomic E-state index is 0.267. The number of hydrogen-bond acceptors (Lipinski definition) is 4. The molecular weight excluding hydrogens is 402 g/mol. The van der Waals surface area contributed by atoms with Crippen LogP contribution in [0.2, 0.25) is 0 Å². The molecule has 0 aliphatic carbocycles. The van der Waals surface area contributed by atoms with E-state index >= 15 is 0 Å². The predicted octanol–water partition coefficient (Wildman–Crippen LogP) is 3.72. The van der Waals surface area contributed by atoms with Gasteiger partial charge in [0.15, 0.2) is 0 Å². The highest BCUT2D eigenvalue weighted by Crippen LogP contribution is 2.33. The predicted molar refractivity (Wildman–Crippen MR) is 129 cm³/mol. The monoisotopic (exact) mass is 427 g/mol. The van der Waals surface area contributed by atoms with E-state index in [4.69, 9.17) is 11.5 Å². The lowest BCUT2D eigenvalue weighted by atomic mass is 9.91. The summed E-state index contributed by atoms with van der Waals surface area (Å²) in [5, 5.41) is 13.4. The average Bonchev–Trinajstić information content (AvgIpc) is 2.79. The summed E-state index contributed by atoms with van der Waals surface area (Å²) in [5.41, 5.74) is 14.5. The summed E-state index contributed by atoms with van der Waals surface area (Å²) in [6, 6.07) is 20.6. The lowest BCUT2D eigenvalue weighted by Gasteiger charge is -2.17. The number of hydrogen-bond donors (Lipinski definition) is 5. The topological polar surface area (TPSA) is 122 Å². The van der Waals surface area contributed by atoms with Gasteiger partial charge >= 0.3 is 6.03 Å². The number of nitrogen functional groups attached to an aromatic ring is 1. The van der Waals surface area contributed by atoms with E-state index < -0.39 is 11.9 Å². The first-order valence-electron chi connectivity index (χ1n) is 10.3. The molecule has 0 bridgehead atoms. The molecule has 7 heteroatoms. The van der Waals surface area contributed by atoms with Crippen molar-refractivity contribution < 1.29 is 9.59 Å². The third-order valence-corrected chi connectivity index (χ3v) is 5.52. The largest absolute Gasteiger partial charge is 0.397 e. The highest BCUT2D eigenvalue weighted by Gasteiger charge is 2.14. The molecule has 0 radical (unpaired) electrons. The minimum Gasteiger partial charge on any atom is -0.397 e. The van der Waals surface area contributed by atoms with Crippen LogP contribution in [0.5, 0.6) is 0 Å². The molecule has 162 valence electrons. The van der Waals surface area contributed by atoms with Crippen molar-refractivity contribution in [2.75, 3.05) is 18.1 Å². The van der Waals surface area contributed by atoms with Crippen LogP contribution in [0, 0.1) is 0 Å². The summed E-state index contributed by atoms with van der Waals surface area (Å²) in [7, 11) is 1.94. The van der Waals surface area contributed by atoms with Crippen LogP contribution in [-0.2, 0) is 13.1 Å². The van der Waals surface area contributed by atoms with Gasteiger partial charge in [-0.05, 0) is 57.9 Å². The van der Waals surface area contributed by atoms with E-state index in [0.29, 0.717) is 12.2 Å². The Kier molecular flexibility index (Phi) is 5.91. The van der Waals surface area contributed by atoms with Gasteiger partial charge in [-0.1, -0.05) is 48.5 Å². The zero-order chi connectivity index (χ0) is 22.7. The van der Waals surface area contributed by atoms with Gasteiger partial charge in [0, 0.05) is 18.7 Å². The van der Waals surface area contributed by atoms with E-state index in [0.717, 1.165) is 33.7 Å². The minimum atomic E-state index is -0.576. The second-order valence-corrected chi connectivity index (χ2v) is 7.55. The molecule has 0 unspecified atom stereocenters. The summed E-state index contributed by atoms with van der Waals surface area (Å²) in [5.74, 6) is -0.576. The normalized spacial score (nSPS) is 10.9. The van der Waals surface area contributed by atoms with Crippen molar-refractivity contribution in [1.29, 1.82) is 0 Å². The fourth-order valence-electron chi connectivity index (χ4n) is 4.03. The molecule has 0 heterocycles. The number of carbonyl (C=O) groups excluding carboxylic acids is 2. The van der Waals surface area contributed by atoms with E-state index in [1.807, 2.05) is 31.3 Å². The van der Waals surface area contributed by atoms with Gasteiger partial charge in [-0.3, -0.25) is 4.79 Å². The van der Waals surface area contributed by atoms with Gasteiger partial charge in [-0.25, -0.2) is 4.79 Å². The van der Waals surface area contributed by atoms with Gasteiger partial charge in [-0.2, -0.15) is 0 Å². The molecule has 0 aromatic heterocycles. The summed E-state index contributed by atoms with van der Waals surface area (Å²) >= 11 is 0. The van der Waals surface area contributed by atoms with Crippen molar-refractivity contribution in [3.8, 4) is 0 Å². The molecule has 4 aromatic rings. The zero-order valence-electron chi connectivity index (χ0n) is 17.7. The van der Waals surface area contributed by atoms with Gasteiger partial charge in [-0.15, -0.1) is 0 Å². The highest BCUT2D eigenvalue weighted by atomic mass is 16.2. The Bertz CT molecular complexity index is 1280. The van der Waals surface area contributed by atoms with Crippen molar-refractivity contribution in [3.05, 3.63) is 83.4 Å². The SMILES string of the molecule is CNCc1c2ccccc2c(CNC(=O)Nc2ccc(C(N)=O)cc2N)c2ccccc12. The molecule has 0 atom stereocenters. The first-order valence-corrected chi connectivity index (χ1v) is 10.3. The molecule has 0 aliphatic heterocycles. The molecular formula is C25H25N5O2. The number of urea groups is 1. The second-order valence-electron chi connectivity index (χ2n) is 7.55. The van der Waals surface area contributed by atoms with Crippen molar-refractivity contribution in [2.45, 2.75) is 13.1 Å². The molecule has 0 fully saturated rings. The maximum absolute atomic E-state index is 12.6. The van der Waals surface area contributed by atoms with Gasteiger partial charge in [0.05, 0.1) is 11.4 Å². The summed E-state index contributed by atoms with van der Waals surface area (Å²) in [4.78, 5) is 23.9. The second kappa shape index (κ2) is 8.95. The number of rotatable bonds is 6. The molecule has 7 N–H and O–H groups in total. The quantitative estimate of drug-likeness (QED) is 0.238. The van der Waals surface area contributed by atoms with Crippen LogP contribution in [0.1, 0.15) is 21.5 Å². The van der Waals surface area contributed by atoms with Crippen LogP contribution < -0.4 is 27.4 Å². The number of carbonyl (C=O) groups is 2. The number of amides is 3. The van der Waals surface area contributed by atoms with E-state index in [9.17, 15) is 9.59 Å². The van der Waals surface area contributed by atoms with Crippen molar-refractivity contribution >= 4 is 44.9 Å². The number of primary amides is 1. The van der Waals surface area contributed by atoms with Gasteiger partial charge in [0.2, 0.25) is 5.91 Å². The molecule has 4 rings (SSSR count). The Morgan fingerprint density at radius 1 is 0.812 bits per heavy atom. The van der Waals surface area contributed by atoms with Crippen LogP contribution >= 0.6 is 0 Å². The smallest absolute Gasteiger partial charge is 0.319 e. The number of benzene rings is 4. The van der Waals surface area contributed by atoms with Crippen molar-refractivity contribution in [1.82, 2.24) is 10.6 Å². The van der Waals surface area contributed by atoms with E-state index in [-0.39, 0.29) is 11.3 Å². The zero-order valence-corrected chi connectivity index (χ0v) is 17.7. The fraction of sp³-hybridized carbons (Fsp3) is 0.120. The Morgan fingerprint density at radius 2 is 1.34 bits per heavy atom. The van der Waals surface area contributed by atoms with Crippen LogP contribution in [-0.4, -0.2) is 19.0 Å². The lowest BCUT2D eigenvalue weighted by Crippen LogP contribution is -2.29. The summed E-state index contributed by atoms with van der Waals surface area (Å²) in [6.07, 6.45) is 0. The van der Waals surface area contributed by atoms with E-state index in [1.165, 1.54) is 17.7 Å². The van der Waals surface area contributed by atoms with E-state index in [2.05, 4.69) is 40.2 Å². The van der Waals surface area contributed by atoms with Crippen LogP contribution in [0.25, 0.3) is 21.5 Å². The molecule has 0 saturated heterocycles. The molecule has 3 amide bonds. The fourth-order valence-corrected chi connectivity index (χ4v) is 4.03. The van der Waals surface area contributed by atoms with Crippen molar-refractivity contribution in [2.24, 2.45) is 5.73 Å². The molecule has 0 saturated carbocycles. The van der Waals surface area contributed by atoms with Crippen LogP contribution in [0.3, 0.4) is 0 Å². The number of anilines is 2. The lowest BCUT2D eigenvalue weighted by molar-refractivity contribution is 0.100. The first-order chi connectivity index (χ1) is 15.5. The Balaban J connectivity index is 1.64. The standard InChI is InChI=1S/C25H25N5O2/c1-28-13-20-16-6-2-4-8-18(16)21(19-9-5-3-7-17(19)20)14-29-25(32)30-23-11-10-15(24(27)31)12-22(23)26/h2-12,28H,13-14,26H2,1H3,(H2,27,31)(H2,29,30,32). The maximum atomic E-state index is 12.6. The average molecular weight is 428 g/mol. The molecule has 0 spiro atoms. The highest BCUT2D eigenvalue weighted by molar-refractivity contribution is 6.06. The molecule has 0 aliphatic rings. The van der Waals surface area contributed by atoms with Crippen LogP contribution in [0.15, 0.2) is 66.7 Å². The Morgan fingerprint density at radius 3 is 1.81 bits per heavy atom. The maximum Gasteiger partial charge on any atom is 0.319 e. The van der Waals surface area contributed by atoms with E-state index in [1.54, 1.807) is 6.07 Å². The van der Waals surface area contributed by atoms with Gasteiger partial charge in [0.25, 0.3) is 0 Å². The summed E-state index contributed by atoms with van der Waals surface area (Å²) < 4.78 is 0.